The van der Waals surface area contributed by atoms with Crippen LogP contribution in [0.1, 0.15) is 24.1 Å². The Balaban J connectivity index is 1.61. The smallest absolute Gasteiger partial charge is 0.0372 e. The first-order valence-electron chi connectivity index (χ1n) is 6.68. The number of likely N-dealkylation sites (tertiary alicyclic amines) is 1. The minimum atomic E-state index is 0.738. The molecule has 1 aromatic rings. The lowest BCUT2D eigenvalue weighted by Crippen LogP contribution is -2.40. The molecule has 0 aliphatic carbocycles. The summed E-state index contributed by atoms with van der Waals surface area (Å²) < 4.78 is 0. The predicted octanol–water partition coefficient (Wildman–Crippen LogP) is 1.57. The molecule has 3 heterocycles. The minimum absolute atomic E-state index is 0.738. The summed E-state index contributed by atoms with van der Waals surface area (Å²) >= 11 is 0. The quantitative estimate of drug-likeness (QED) is 0.837. The molecule has 2 aliphatic heterocycles. The zero-order valence-corrected chi connectivity index (χ0v) is 10.5. The maximum Gasteiger partial charge on any atom is 0.0372 e. The Morgan fingerprint density at radius 3 is 3.12 bits per heavy atom. The van der Waals surface area contributed by atoms with Crippen LogP contribution >= 0.6 is 0 Å². The van der Waals surface area contributed by atoms with Gasteiger partial charge in [0.2, 0.25) is 0 Å². The third kappa shape index (κ3) is 2.50. The molecule has 0 bridgehead atoms. The van der Waals surface area contributed by atoms with E-state index in [-0.39, 0.29) is 0 Å². The molecule has 2 atom stereocenters. The molecular weight excluding hydrogens is 210 g/mol. The van der Waals surface area contributed by atoms with E-state index >= 15 is 0 Å². The molecule has 2 aliphatic rings. The van der Waals surface area contributed by atoms with Crippen molar-refractivity contribution < 1.29 is 0 Å². The largest absolute Gasteiger partial charge is 0.312 e. The molecule has 2 fully saturated rings. The van der Waals surface area contributed by atoms with Gasteiger partial charge in [-0.05, 0) is 43.9 Å². The van der Waals surface area contributed by atoms with Crippen LogP contribution in [0.25, 0.3) is 0 Å². The van der Waals surface area contributed by atoms with Crippen molar-refractivity contribution in [2.24, 2.45) is 5.92 Å². The molecule has 0 aromatic carbocycles. The lowest BCUT2D eigenvalue weighted by atomic mass is 9.94. The van der Waals surface area contributed by atoms with Crippen LogP contribution in [-0.4, -0.2) is 35.6 Å². The highest BCUT2D eigenvalue weighted by molar-refractivity contribution is 5.13. The molecule has 3 nitrogen and oxygen atoms in total. The van der Waals surface area contributed by atoms with E-state index in [2.05, 4.69) is 27.3 Å². The average Bonchev–Trinajstić information content (AvgIpc) is 2.74. The van der Waals surface area contributed by atoms with Crippen LogP contribution < -0.4 is 5.32 Å². The third-order valence-electron chi connectivity index (χ3n) is 4.05. The van der Waals surface area contributed by atoms with E-state index in [4.69, 9.17) is 0 Å². The van der Waals surface area contributed by atoms with Gasteiger partial charge in [-0.25, -0.2) is 0 Å². The van der Waals surface area contributed by atoms with Gasteiger partial charge in [-0.1, -0.05) is 6.07 Å². The fourth-order valence-corrected chi connectivity index (χ4v) is 3.12. The predicted molar refractivity (Wildman–Crippen MR) is 68.8 cm³/mol. The number of aromatic nitrogens is 1. The van der Waals surface area contributed by atoms with Crippen molar-refractivity contribution in [2.75, 3.05) is 19.6 Å². The van der Waals surface area contributed by atoms with Gasteiger partial charge in [-0.3, -0.25) is 9.88 Å². The molecule has 3 heteroatoms. The van der Waals surface area contributed by atoms with Crippen LogP contribution in [0.5, 0.6) is 0 Å². The molecule has 0 saturated carbocycles. The number of hydrogen-bond donors (Lipinski definition) is 1. The zero-order valence-electron chi connectivity index (χ0n) is 10.5. The van der Waals surface area contributed by atoms with Crippen LogP contribution in [0.4, 0.5) is 0 Å². The Hall–Kier alpha value is -0.930. The molecule has 2 saturated heterocycles. The van der Waals surface area contributed by atoms with E-state index in [1.807, 2.05) is 13.1 Å². The minimum Gasteiger partial charge on any atom is -0.312 e. The van der Waals surface area contributed by atoms with Crippen molar-refractivity contribution in [2.45, 2.75) is 32.4 Å². The van der Waals surface area contributed by atoms with Gasteiger partial charge >= 0.3 is 0 Å². The van der Waals surface area contributed by atoms with Gasteiger partial charge in [0.25, 0.3) is 0 Å². The normalized spacial score (nSPS) is 29.2. The second-order valence-corrected chi connectivity index (χ2v) is 5.46. The van der Waals surface area contributed by atoms with Crippen LogP contribution in [0.3, 0.4) is 0 Å². The number of rotatable bonds is 2. The van der Waals surface area contributed by atoms with Crippen molar-refractivity contribution in [3.8, 4) is 0 Å². The van der Waals surface area contributed by atoms with E-state index in [0.29, 0.717) is 0 Å². The second-order valence-electron chi connectivity index (χ2n) is 5.46. The summed E-state index contributed by atoms with van der Waals surface area (Å²) in [6.07, 6.45) is 4.77. The molecule has 1 N–H and O–H groups in total. The molecule has 3 rings (SSSR count). The van der Waals surface area contributed by atoms with Gasteiger partial charge in [0.15, 0.2) is 0 Å². The number of piperidine rings is 1. The Bertz CT molecular complexity index is 360. The summed E-state index contributed by atoms with van der Waals surface area (Å²) in [7, 11) is 0. The van der Waals surface area contributed by atoms with E-state index in [9.17, 15) is 0 Å². The molecule has 92 valence electrons. The summed E-state index contributed by atoms with van der Waals surface area (Å²) in [5.41, 5.74) is 2.44. The number of aryl methyl sites for hydroxylation is 1. The Morgan fingerprint density at radius 2 is 2.35 bits per heavy atom. The van der Waals surface area contributed by atoms with Crippen molar-refractivity contribution in [1.29, 1.82) is 0 Å². The first-order chi connectivity index (χ1) is 8.31. The zero-order chi connectivity index (χ0) is 11.7. The van der Waals surface area contributed by atoms with Gasteiger partial charge in [0.05, 0.1) is 0 Å². The number of hydrogen-bond acceptors (Lipinski definition) is 3. The van der Waals surface area contributed by atoms with Gasteiger partial charge in [-0.15, -0.1) is 0 Å². The van der Waals surface area contributed by atoms with Gasteiger partial charge in [0.1, 0.15) is 0 Å². The number of nitrogens with one attached hydrogen (secondary N) is 1. The van der Waals surface area contributed by atoms with Crippen LogP contribution in [0.15, 0.2) is 18.3 Å². The van der Waals surface area contributed by atoms with Gasteiger partial charge in [-0.2, -0.15) is 0 Å². The van der Waals surface area contributed by atoms with Crippen molar-refractivity contribution >= 4 is 0 Å². The molecule has 0 unspecified atom stereocenters. The maximum atomic E-state index is 4.37. The fourth-order valence-electron chi connectivity index (χ4n) is 3.12. The molecule has 17 heavy (non-hydrogen) atoms. The first-order valence-corrected chi connectivity index (χ1v) is 6.68. The monoisotopic (exact) mass is 231 g/mol. The highest BCUT2D eigenvalue weighted by atomic mass is 15.2. The third-order valence-corrected chi connectivity index (χ3v) is 4.05. The van der Waals surface area contributed by atoms with E-state index in [0.717, 1.165) is 24.2 Å². The summed E-state index contributed by atoms with van der Waals surface area (Å²) in [5.74, 6) is 0.877. The van der Waals surface area contributed by atoms with Crippen LogP contribution in [0.2, 0.25) is 0 Å². The lowest BCUT2D eigenvalue weighted by Gasteiger charge is -2.24. The maximum absolute atomic E-state index is 4.37. The summed E-state index contributed by atoms with van der Waals surface area (Å²) in [5, 5.41) is 3.65. The Kier molecular flexibility index (Phi) is 3.12. The topological polar surface area (TPSA) is 28.2 Å². The molecule has 0 radical (unpaired) electrons. The lowest BCUT2D eigenvalue weighted by molar-refractivity contribution is 0.312. The Labute approximate surface area is 103 Å². The molecule has 0 amide bonds. The van der Waals surface area contributed by atoms with Gasteiger partial charge < -0.3 is 5.32 Å². The fraction of sp³-hybridized carbons (Fsp3) is 0.643. The second kappa shape index (κ2) is 4.75. The summed E-state index contributed by atoms with van der Waals surface area (Å²) in [6, 6.07) is 5.05. The van der Waals surface area contributed by atoms with E-state index < -0.39 is 0 Å². The SMILES string of the molecule is Cc1ccc(CN2C[C@@H]3CCCN[C@@H]3C2)cn1. The standard InChI is InChI=1S/C14H21N3/c1-11-4-5-12(7-16-11)8-17-9-13-3-2-6-15-14(13)10-17/h4-5,7,13-15H,2-3,6,8-10H2,1H3/t13-,14+/m0/s1. The number of nitrogens with zero attached hydrogens (tertiary/aromatic N) is 2. The molecule has 0 spiro atoms. The average molecular weight is 231 g/mol. The Morgan fingerprint density at radius 1 is 1.41 bits per heavy atom. The summed E-state index contributed by atoms with van der Waals surface area (Å²) in [4.78, 5) is 6.94. The molecule has 1 aromatic heterocycles. The first kappa shape index (κ1) is 11.2. The highest BCUT2D eigenvalue weighted by Crippen LogP contribution is 2.25. The van der Waals surface area contributed by atoms with E-state index in [1.165, 1.54) is 38.0 Å². The highest BCUT2D eigenvalue weighted by Gasteiger charge is 2.33. The van der Waals surface area contributed by atoms with Crippen LogP contribution in [0, 0.1) is 12.8 Å². The van der Waals surface area contributed by atoms with Crippen molar-refractivity contribution in [3.63, 3.8) is 0 Å². The number of fused-ring (bicyclic) bond motifs is 1. The molecular formula is C14H21N3. The van der Waals surface area contributed by atoms with Gasteiger partial charge in [0, 0.05) is 37.6 Å². The van der Waals surface area contributed by atoms with Crippen LogP contribution in [-0.2, 0) is 6.54 Å². The number of pyridine rings is 1. The van der Waals surface area contributed by atoms with E-state index in [1.54, 1.807) is 0 Å². The van der Waals surface area contributed by atoms with Crippen molar-refractivity contribution in [1.82, 2.24) is 15.2 Å². The van der Waals surface area contributed by atoms with Crippen molar-refractivity contribution in [3.05, 3.63) is 29.6 Å². The summed E-state index contributed by atoms with van der Waals surface area (Å²) in [6.45, 7) is 6.77.